The zero-order valence-corrected chi connectivity index (χ0v) is 10.1. The molecule has 0 aliphatic heterocycles. The molecule has 2 aromatic heterocycles. The van der Waals surface area contributed by atoms with Gasteiger partial charge in [-0.2, -0.15) is 0 Å². The van der Waals surface area contributed by atoms with Crippen molar-refractivity contribution in [3.63, 3.8) is 0 Å². The molecule has 0 fully saturated rings. The Hall–Kier alpha value is -0.910. The van der Waals surface area contributed by atoms with Gasteiger partial charge in [-0.15, -0.1) is 22.7 Å². The van der Waals surface area contributed by atoms with Gasteiger partial charge in [-0.3, -0.25) is 0 Å². The lowest BCUT2D eigenvalue weighted by Gasteiger charge is -2.13. The fraction of sp³-hybridized carbons (Fsp3) is 0.300. The van der Waals surface area contributed by atoms with Gasteiger partial charge in [-0.1, -0.05) is 6.07 Å². The molecular weight excluding hydrogens is 226 g/mol. The first-order chi connectivity index (χ1) is 7.29. The Morgan fingerprint density at radius 1 is 1.47 bits per heavy atom. The summed E-state index contributed by atoms with van der Waals surface area (Å²) in [4.78, 5) is 7.93. The van der Waals surface area contributed by atoms with Crippen LogP contribution in [0, 0.1) is 0 Å². The van der Waals surface area contributed by atoms with E-state index >= 15 is 0 Å². The third-order valence-electron chi connectivity index (χ3n) is 2.05. The van der Waals surface area contributed by atoms with E-state index < -0.39 is 0 Å². The maximum Gasteiger partial charge on any atom is 0.185 e. The smallest absolute Gasteiger partial charge is 0.185 e. The van der Waals surface area contributed by atoms with Crippen LogP contribution in [0.3, 0.4) is 0 Å². The monoisotopic (exact) mass is 239 g/mol. The molecule has 0 radical (unpaired) electrons. The molecule has 15 heavy (non-hydrogen) atoms. The Bertz CT molecular complexity index is 408. The maximum atomic E-state index is 5.53. The summed E-state index contributed by atoms with van der Waals surface area (Å²) in [5, 5.41) is 5.14. The number of thiophene rings is 1. The summed E-state index contributed by atoms with van der Waals surface area (Å²) in [6, 6.07) is 4.21. The highest BCUT2D eigenvalue weighted by molar-refractivity contribution is 7.13. The molecule has 5 heteroatoms. The lowest BCUT2D eigenvalue weighted by atomic mass is 10.4. The molecule has 0 saturated carbocycles. The van der Waals surface area contributed by atoms with Crippen LogP contribution < -0.4 is 10.6 Å². The first-order valence-corrected chi connectivity index (χ1v) is 6.43. The molecule has 80 valence electrons. The van der Waals surface area contributed by atoms with Gasteiger partial charge >= 0.3 is 0 Å². The van der Waals surface area contributed by atoms with E-state index in [0.29, 0.717) is 6.54 Å². The van der Waals surface area contributed by atoms with Crippen molar-refractivity contribution >= 4 is 27.8 Å². The molecule has 0 aromatic carbocycles. The summed E-state index contributed by atoms with van der Waals surface area (Å²) >= 11 is 3.41. The number of rotatable bonds is 4. The Labute approximate surface area is 97.2 Å². The number of nitrogens with zero attached hydrogens (tertiary/aromatic N) is 2. The van der Waals surface area contributed by atoms with Crippen LogP contribution in [0.15, 0.2) is 22.9 Å². The second-order valence-electron chi connectivity index (χ2n) is 3.26. The third kappa shape index (κ3) is 2.56. The van der Waals surface area contributed by atoms with E-state index in [4.69, 9.17) is 5.73 Å². The van der Waals surface area contributed by atoms with Crippen molar-refractivity contribution in [2.75, 3.05) is 11.9 Å². The average molecular weight is 239 g/mol. The van der Waals surface area contributed by atoms with Crippen LogP contribution in [0.4, 0.5) is 5.13 Å². The minimum Gasteiger partial charge on any atom is -0.346 e. The van der Waals surface area contributed by atoms with Gasteiger partial charge in [0, 0.05) is 23.8 Å². The summed E-state index contributed by atoms with van der Waals surface area (Å²) in [6.45, 7) is 1.43. The fourth-order valence-electron chi connectivity index (χ4n) is 1.27. The molecule has 2 heterocycles. The number of thiazole rings is 1. The number of anilines is 1. The van der Waals surface area contributed by atoms with Crippen molar-refractivity contribution < 1.29 is 0 Å². The SMILES string of the molecule is CN(Cc1cccs1)c1nc(CN)cs1. The fourth-order valence-corrected chi connectivity index (χ4v) is 2.83. The van der Waals surface area contributed by atoms with Gasteiger partial charge in [-0.25, -0.2) is 4.98 Å². The van der Waals surface area contributed by atoms with E-state index in [1.54, 1.807) is 22.7 Å². The van der Waals surface area contributed by atoms with Crippen LogP contribution in [0.2, 0.25) is 0 Å². The van der Waals surface area contributed by atoms with E-state index in [1.165, 1.54) is 4.88 Å². The van der Waals surface area contributed by atoms with E-state index in [9.17, 15) is 0 Å². The first kappa shape index (κ1) is 10.6. The molecule has 0 aliphatic carbocycles. The van der Waals surface area contributed by atoms with Crippen LogP contribution in [-0.4, -0.2) is 12.0 Å². The second kappa shape index (κ2) is 4.74. The summed E-state index contributed by atoms with van der Waals surface area (Å²) < 4.78 is 0. The standard InChI is InChI=1S/C10H13N3S2/c1-13(6-9-3-2-4-14-9)10-12-8(5-11)7-15-10/h2-4,7H,5-6,11H2,1H3. The molecule has 0 bridgehead atoms. The summed E-state index contributed by atoms with van der Waals surface area (Å²) in [7, 11) is 2.05. The van der Waals surface area contributed by atoms with Gasteiger partial charge < -0.3 is 10.6 Å². The predicted octanol–water partition coefficient (Wildman–Crippen LogP) is 2.30. The number of hydrogen-bond donors (Lipinski definition) is 1. The lowest BCUT2D eigenvalue weighted by Crippen LogP contribution is -2.15. The molecule has 2 N–H and O–H groups in total. The van der Waals surface area contributed by atoms with E-state index in [2.05, 4.69) is 34.4 Å². The Morgan fingerprint density at radius 2 is 2.33 bits per heavy atom. The number of hydrogen-bond acceptors (Lipinski definition) is 5. The van der Waals surface area contributed by atoms with E-state index in [-0.39, 0.29) is 0 Å². The van der Waals surface area contributed by atoms with E-state index in [0.717, 1.165) is 17.4 Å². The summed E-state index contributed by atoms with van der Waals surface area (Å²) in [6.07, 6.45) is 0. The largest absolute Gasteiger partial charge is 0.346 e. The third-order valence-corrected chi connectivity index (χ3v) is 3.91. The molecule has 0 saturated heterocycles. The van der Waals surface area contributed by atoms with Crippen molar-refractivity contribution in [1.29, 1.82) is 0 Å². The van der Waals surface area contributed by atoms with Gasteiger partial charge in [0.15, 0.2) is 5.13 Å². The minimum absolute atomic E-state index is 0.517. The normalized spacial score (nSPS) is 10.5. The Balaban J connectivity index is 2.04. The van der Waals surface area contributed by atoms with Gasteiger partial charge in [-0.05, 0) is 11.4 Å². The maximum absolute atomic E-state index is 5.53. The summed E-state index contributed by atoms with van der Waals surface area (Å²) in [5.74, 6) is 0. The van der Waals surface area contributed by atoms with Crippen LogP contribution in [-0.2, 0) is 13.1 Å². The summed E-state index contributed by atoms with van der Waals surface area (Å²) in [5.41, 5.74) is 6.49. The Morgan fingerprint density at radius 3 is 2.93 bits per heavy atom. The highest BCUT2D eigenvalue weighted by atomic mass is 32.1. The molecular formula is C10H13N3S2. The number of aromatic nitrogens is 1. The zero-order valence-electron chi connectivity index (χ0n) is 8.51. The quantitative estimate of drug-likeness (QED) is 0.890. The van der Waals surface area contributed by atoms with Gasteiger partial charge in [0.2, 0.25) is 0 Å². The number of nitrogens with two attached hydrogens (primary N) is 1. The molecule has 3 nitrogen and oxygen atoms in total. The van der Waals surface area contributed by atoms with Gasteiger partial charge in [0.05, 0.1) is 12.2 Å². The minimum atomic E-state index is 0.517. The van der Waals surface area contributed by atoms with Crippen molar-refractivity contribution in [2.45, 2.75) is 13.1 Å². The average Bonchev–Trinajstić information content (AvgIpc) is 2.86. The molecule has 0 atom stereocenters. The van der Waals surface area contributed by atoms with Crippen LogP contribution in [0.5, 0.6) is 0 Å². The molecule has 0 aliphatic rings. The molecule has 0 spiro atoms. The van der Waals surface area contributed by atoms with Crippen molar-refractivity contribution in [3.05, 3.63) is 33.5 Å². The van der Waals surface area contributed by atoms with E-state index in [1.807, 2.05) is 5.38 Å². The first-order valence-electron chi connectivity index (χ1n) is 4.67. The second-order valence-corrected chi connectivity index (χ2v) is 5.13. The van der Waals surface area contributed by atoms with Crippen molar-refractivity contribution in [3.8, 4) is 0 Å². The molecule has 0 unspecified atom stereocenters. The van der Waals surface area contributed by atoms with Crippen LogP contribution in [0.1, 0.15) is 10.6 Å². The van der Waals surface area contributed by atoms with Crippen molar-refractivity contribution in [2.24, 2.45) is 5.73 Å². The zero-order chi connectivity index (χ0) is 10.7. The molecule has 2 rings (SSSR count). The van der Waals surface area contributed by atoms with Crippen molar-refractivity contribution in [1.82, 2.24) is 4.98 Å². The van der Waals surface area contributed by atoms with Gasteiger partial charge in [0.1, 0.15) is 0 Å². The van der Waals surface area contributed by atoms with Crippen LogP contribution in [0.25, 0.3) is 0 Å². The highest BCUT2D eigenvalue weighted by Crippen LogP contribution is 2.22. The molecule has 2 aromatic rings. The topological polar surface area (TPSA) is 42.2 Å². The predicted molar refractivity (Wildman–Crippen MR) is 66.4 cm³/mol. The molecule has 0 amide bonds. The van der Waals surface area contributed by atoms with Gasteiger partial charge in [0.25, 0.3) is 0 Å². The van der Waals surface area contributed by atoms with Crippen LogP contribution >= 0.6 is 22.7 Å². The lowest BCUT2D eigenvalue weighted by molar-refractivity contribution is 0.913. The highest BCUT2D eigenvalue weighted by Gasteiger charge is 2.07. The Kier molecular flexibility index (Phi) is 3.35.